The first-order chi connectivity index (χ1) is 13.4. The highest BCUT2D eigenvalue weighted by atomic mass is 32.2. The summed E-state index contributed by atoms with van der Waals surface area (Å²) in [6, 6.07) is 10.2. The van der Waals surface area contributed by atoms with E-state index < -0.39 is 10.0 Å². The van der Waals surface area contributed by atoms with Crippen LogP contribution in [-0.2, 0) is 16.6 Å². The molecule has 7 nitrogen and oxygen atoms in total. The number of aromatic nitrogens is 1. The average molecular weight is 403 g/mol. The predicted molar refractivity (Wildman–Crippen MR) is 109 cm³/mol. The molecular formula is C20H26N4O3S. The van der Waals surface area contributed by atoms with Crippen LogP contribution < -0.4 is 10.2 Å². The maximum Gasteiger partial charge on any atom is 0.251 e. The van der Waals surface area contributed by atoms with Crippen molar-refractivity contribution in [2.75, 3.05) is 32.1 Å². The van der Waals surface area contributed by atoms with Crippen molar-refractivity contribution < 1.29 is 13.2 Å². The SMILES string of the molecule is CN(C)c1cc(C(=O)NCc2cccc(S(=O)(=O)N3CCCCC3)c2)ccn1. The van der Waals surface area contributed by atoms with E-state index in [9.17, 15) is 13.2 Å². The maximum atomic E-state index is 12.8. The Morgan fingerprint density at radius 2 is 1.89 bits per heavy atom. The number of benzene rings is 1. The normalized spacial score (nSPS) is 15.2. The molecule has 150 valence electrons. The molecule has 0 radical (unpaired) electrons. The Morgan fingerprint density at radius 3 is 2.61 bits per heavy atom. The van der Waals surface area contributed by atoms with Gasteiger partial charge in [0.2, 0.25) is 10.0 Å². The number of hydrogen-bond acceptors (Lipinski definition) is 5. The number of piperidine rings is 1. The number of nitrogens with zero attached hydrogens (tertiary/aromatic N) is 3. The summed E-state index contributed by atoms with van der Waals surface area (Å²) >= 11 is 0. The van der Waals surface area contributed by atoms with Crippen LogP contribution in [0.2, 0.25) is 0 Å². The molecule has 1 amide bonds. The third-order valence-electron chi connectivity index (χ3n) is 4.77. The minimum atomic E-state index is -3.48. The first kappa shape index (κ1) is 20.3. The summed E-state index contributed by atoms with van der Waals surface area (Å²) in [5, 5.41) is 2.85. The highest BCUT2D eigenvalue weighted by molar-refractivity contribution is 7.89. The lowest BCUT2D eigenvalue weighted by molar-refractivity contribution is 0.0951. The smallest absolute Gasteiger partial charge is 0.251 e. The van der Waals surface area contributed by atoms with E-state index >= 15 is 0 Å². The van der Waals surface area contributed by atoms with Crippen molar-refractivity contribution in [2.45, 2.75) is 30.7 Å². The number of rotatable bonds is 6. The van der Waals surface area contributed by atoms with E-state index in [1.165, 1.54) is 0 Å². The van der Waals surface area contributed by atoms with Crippen LogP contribution in [0, 0.1) is 0 Å². The van der Waals surface area contributed by atoms with Gasteiger partial charge in [-0.2, -0.15) is 4.31 Å². The first-order valence-electron chi connectivity index (χ1n) is 9.38. The number of hydrogen-bond donors (Lipinski definition) is 1. The minimum absolute atomic E-state index is 0.227. The fourth-order valence-electron chi connectivity index (χ4n) is 3.16. The van der Waals surface area contributed by atoms with E-state index in [1.54, 1.807) is 40.8 Å². The molecule has 1 N–H and O–H groups in total. The van der Waals surface area contributed by atoms with Crippen molar-refractivity contribution in [1.29, 1.82) is 0 Å². The highest BCUT2D eigenvalue weighted by Crippen LogP contribution is 2.21. The van der Waals surface area contributed by atoms with Crippen molar-refractivity contribution in [3.05, 3.63) is 53.7 Å². The largest absolute Gasteiger partial charge is 0.363 e. The van der Waals surface area contributed by atoms with Gasteiger partial charge in [0.15, 0.2) is 0 Å². The van der Waals surface area contributed by atoms with Crippen molar-refractivity contribution in [3.63, 3.8) is 0 Å². The van der Waals surface area contributed by atoms with E-state index in [-0.39, 0.29) is 17.3 Å². The summed E-state index contributed by atoms with van der Waals surface area (Å²) in [7, 11) is 0.235. The third kappa shape index (κ3) is 4.69. The van der Waals surface area contributed by atoms with E-state index in [1.807, 2.05) is 25.1 Å². The van der Waals surface area contributed by atoms with E-state index in [4.69, 9.17) is 0 Å². The summed E-state index contributed by atoms with van der Waals surface area (Å²) < 4.78 is 27.2. The number of nitrogens with one attached hydrogen (secondary N) is 1. The van der Waals surface area contributed by atoms with Gasteiger partial charge in [-0.3, -0.25) is 4.79 Å². The number of sulfonamides is 1. The standard InChI is InChI=1S/C20H26N4O3S/c1-23(2)19-14-17(9-10-21-19)20(25)22-15-16-7-6-8-18(13-16)28(26,27)24-11-4-3-5-12-24/h6-10,13-14H,3-5,11-12,15H2,1-2H3,(H,22,25). The van der Waals surface area contributed by atoms with Gasteiger partial charge in [0.25, 0.3) is 5.91 Å². The Kier molecular flexibility index (Phi) is 6.31. The van der Waals surface area contributed by atoms with Crippen LogP contribution >= 0.6 is 0 Å². The fourth-order valence-corrected chi connectivity index (χ4v) is 4.75. The number of pyridine rings is 1. The minimum Gasteiger partial charge on any atom is -0.363 e. The van der Waals surface area contributed by atoms with E-state index in [2.05, 4.69) is 10.3 Å². The van der Waals surface area contributed by atoms with Crippen LogP contribution in [-0.4, -0.2) is 50.8 Å². The Hall–Kier alpha value is -2.45. The molecule has 0 atom stereocenters. The molecule has 28 heavy (non-hydrogen) atoms. The summed E-state index contributed by atoms with van der Waals surface area (Å²) in [5.74, 6) is 0.470. The van der Waals surface area contributed by atoms with Crippen LogP contribution in [0.4, 0.5) is 5.82 Å². The first-order valence-corrected chi connectivity index (χ1v) is 10.8. The molecule has 1 aliphatic rings. The molecule has 2 aromatic rings. The molecule has 8 heteroatoms. The molecule has 0 bridgehead atoms. The fraction of sp³-hybridized carbons (Fsp3) is 0.400. The van der Waals surface area contributed by atoms with Gasteiger partial charge < -0.3 is 10.2 Å². The zero-order chi connectivity index (χ0) is 20.1. The van der Waals surface area contributed by atoms with Crippen LogP contribution in [0.15, 0.2) is 47.5 Å². The Morgan fingerprint density at radius 1 is 1.14 bits per heavy atom. The summed E-state index contributed by atoms with van der Waals surface area (Å²) in [4.78, 5) is 18.7. The average Bonchev–Trinajstić information content (AvgIpc) is 2.73. The molecule has 0 unspecified atom stereocenters. The van der Waals surface area contributed by atoms with Gasteiger partial charge in [0.05, 0.1) is 4.90 Å². The number of carbonyl (C=O) groups is 1. The van der Waals surface area contributed by atoms with Gasteiger partial charge in [-0.15, -0.1) is 0 Å². The quantitative estimate of drug-likeness (QED) is 0.801. The Bertz CT molecular complexity index is 938. The second kappa shape index (κ2) is 8.70. The van der Waals surface area contributed by atoms with Crippen molar-refractivity contribution in [1.82, 2.24) is 14.6 Å². The van der Waals surface area contributed by atoms with Gasteiger partial charge in [-0.1, -0.05) is 18.6 Å². The summed E-state index contributed by atoms with van der Waals surface area (Å²) in [6.45, 7) is 1.39. The number of amides is 1. The maximum absolute atomic E-state index is 12.8. The van der Waals surface area contributed by atoms with Gasteiger partial charge in [0, 0.05) is 45.5 Å². The molecular weight excluding hydrogens is 376 g/mol. The van der Waals surface area contributed by atoms with E-state index in [0.29, 0.717) is 24.5 Å². The van der Waals surface area contributed by atoms with Gasteiger partial charge in [-0.25, -0.2) is 13.4 Å². The highest BCUT2D eigenvalue weighted by Gasteiger charge is 2.25. The van der Waals surface area contributed by atoms with Crippen LogP contribution in [0.3, 0.4) is 0 Å². The molecule has 1 aromatic carbocycles. The van der Waals surface area contributed by atoms with Crippen LogP contribution in [0.1, 0.15) is 35.2 Å². The molecule has 1 fully saturated rings. The van der Waals surface area contributed by atoms with Crippen LogP contribution in [0.5, 0.6) is 0 Å². The lowest BCUT2D eigenvalue weighted by atomic mass is 10.2. The second-order valence-electron chi connectivity index (χ2n) is 7.09. The lowest BCUT2D eigenvalue weighted by Gasteiger charge is -2.26. The zero-order valence-electron chi connectivity index (χ0n) is 16.3. The number of anilines is 1. The summed E-state index contributed by atoms with van der Waals surface area (Å²) in [5.41, 5.74) is 1.25. The molecule has 0 saturated carbocycles. The molecule has 0 spiro atoms. The topological polar surface area (TPSA) is 82.6 Å². The third-order valence-corrected chi connectivity index (χ3v) is 6.66. The van der Waals surface area contributed by atoms with Gasteiger partial charge in [0.1, 0.15) is 5.82 Å². The molecule has 3 rings (SSSR count). The Balaban J connectivity index is 1.69. The van der Waals surface area contributed by atoms with Crippen molar-refractivity contribution >= 4 is 21.7 Å². The number of carbonyl (C=O) groups excluding carboxylic acids is 1. The molecule has 1 aliphatic heterocycles. The van der Waals surface area contributed by atoms with Gasteiger partial charge >= 0.3 is 0 Å². The molecule has 0 aliphatic carbocycles. The monoisotopic (exact) mass is 402 g/mol. The molecule has 2 heterocycles. The van der Waals surface area contributed by atoms with Crippen molar-refractivity contribution in [2.24, 2.45) is 0 Å². The lowest BCUT2D eigenvalue weighted by Crippen LogP contribution is -2.35. The molecule has 1 aromatic heterocycles. The van der Waals surface area contributed by atoms with E-state index in [0.717, 1.165) is 24.8 Å². The van der Waals surface area contributed by atoms with Crippen LogP contribution in [0.25, 0.3) is 0 Å². The second-order valence-corrected chi connectivity index (χ2v) is 9.03. The zero-order valence-corrected chi connectivity index (χ0v) is 17.1. The molecule has 1 saturated heterocycles. The van der Waals surface area contributed by atoms with Crippen molar-refractivity contribution in [3.8, 4) is 0 Å². The Labute approximate surface area is 166 Å². The summed E-state index contributed by atoms with van der Waals surface area (Å²) in [6.07, 6.45) is 4.46. The van der Waals surface area contributed by atoms with Gasteiger partial charge in [-0.05, 0) is 42.7 Å². The predicted octanol–water partition coefficient (Wildman–Crippen LogP) is 2.25.